The Hall–Kier alpha value is -3.46. The van der Waals surface area contributed by atoms with Crippen LogP contribution < -0.4 is 0 Å². The number of nitrogens with one attached hydrogen (secondary N) is 1. The summed E-state index contributed by atoms with van der Waals surface area (Å²) >= 11 is 1.24. The van der Waals surface area contributed by atoms with Gasteiger partial charge in [-0.25, -0.2) is 0 Å². The van der Waals surface area contributed by atoms with Crippen molar-refractivity contribution in [2.45, 2.75) is 12.1 Å². The summed E-state index contributed by atoms with van der Waals surface area (Å²) in [5.41, 5.74) is 3.21. The van der Waals surface area contributed by atoms with Crippen molar-refractivity contribution in [3.05, 3.63) is 58.8 Å². The van der Waals surface area contributed by atoms with Gasteiger partial charge in [-0.2, -0.15) is 0 Å². The fourth-order valence-electron chi connectivity index (χ4n) is 3.09. The topological polar surface area (TPSA) is 107 Å². The van der Waals surface area contributed by atoms with Crippen LogP contribution in [0.1, 0.15) is 6.92 Å². The quantitative estimate of drug-likeness (QED) is 0.291. The minimum absolute atomic E-state index is 0.0278. The number of non-ortho nitro benzene ring substituents is 1. The number of nitro benzene ring substituents is 1. The third-order valence-corrected chi connectivity index (χ3v) is 5.51. The number of hydrogen-bond acceptors (Lipinski definition) is 6. The Labute approximate surface area is 170 Å². The van der Waals surface area contributed by atoms with E-state index in [-0.39, 0.29) is 17.2 Å². The van der Waals surface area contributed by atoms with Crippen LogP contribution in [0.2, 0.25) is 0 Å². The largest absolute Gasteiger partial charge is 0.351 e. The van der Waals surface area contributed by atoms with E-state index >= 15 is 0 Å². The number of nitro groups is 1. The first-order valence-electron chi connectivity index (χ1n) is 8.81. The summed E-state index contributed by atoms with van der Waals surface area (Å²) in [5.74, 6) is 0.731. The molecule has 0 spiro atoms. The lowest BCUT2D eigenvalue weighted by Crippen LogP contribution is -1.93. The molecule has 29 heavy (non-hydrogen) atoms. The molecule has 0 unspecified atom stereocenters. The molecule has 0 fully saturated rings. The van der Waals surface area contributed by atoms with E-state index in [1.54, 1.807) is 6.07 Å². The molecule has 0 amide bonds. The van der Waals surface area contributed by atoms with E-state index in [2.05, 4.69) is 15.2 Å². The number of carbonyl (C=O) groups excluding carboxylic acids is 1. The fourth-order valence-corrected chi connectivity index (χ4v) is 3.70. The van der Waals surface area contributed by atoms with Gasteiger partial charge in [0.25, 0.3) is 5.69 Å². The minimum Gasteiger partial charge on any atom is -0.351 e. The summed E-state index contributed by atoms with van der Waals surface area (Å²) < 4.78 is 2.02. The van der Waals surface area contributed by atoms with E-state index in [4.69, 9.17) is 0 Å². The second-order valence-corrected chi connectivity index (χ2v) is 7.66. The molecule has 0 aliphatic rings. The zero-order valence-corrected chi connectivity index (χ0v) is 16.6. The second-order valence-electron chi connectivity index (χ2n) is 6.70. The molecule has 0 saturated carbocycles. The first kappa shape index (κ1) is 18.9. The maximum absolute atomic E-state index is 11.5. The second kappa shape index (κ2) is 7.51. The number of H-pyrrole nitrogens is 1. The van der Waals surface area contributed by atoms with Crippen molar-refractivity contribution < 1.29 is 9.72 Å². The maximum Gasteiger partial charge on any atom is 0.270 e. The zero-order valence-electron chi connectivity index (χ0n) is 15.7. The Morgan fingerprint density at radius 2 is 1.93 bits per heavy atom. The minimum atomic E-state index is -0.421. The van der Waals surface area contributed by atoms with Crippen molar-refractivity contribution in [3.8, 4) is 22.5 Å². The Bertz CT molecular complexity index is 1240. The molecule has 4 rings (SSSR count). The highest BCUT2D eigenvalue weighted by Crippen LogP contribution is 2.32. The van der Waals surface area contributed by atoms with Crippen LogP contribution in [-0.2, 0) is 11.8 Å². The molecule has 8 nitrogen and oxygen atoms in total. The average molecular weight is 407 g/mol. The monoisotopic (exact) mass is 407 g/mol. The summed E-state index contributed by atoms with van der Waals surface area (Å²) in [6.45, 7) is 1.50. The molecule has 0 aliphatic heterocycles. The predicted molar refractivity (Wildman–Crippen MR) is 112 cm³/mol. The molecule has 0 bridgehead atoms. The highest BCUT2D eigenvalue weighted by Gasteiger charge is 2.15. The Kier molecular flexibility index (Phi) is 4.89. The number of benzene rings is 2. The highest BCUT2D eigenvalue weighted by molar-refractivity contribution is 7.99. The van der Waals surface area contributed by atoms with E-state index in [0.29, 0.717) is 22.1 Å². The van der Waals surface area contributed by atoms with Gasteiger partial charge in [0.2, 0.25) is 0 Å². The zero-order chi connectivity index (χ0) is 20.5. The summed E-state index contributed by atoms with van der Waals surface area (Å²) in [6.07, 6.45) is 1.97. The molecule has 0 atom stereocenters. The van der Waals surface area contributed by atoms with Crippen LogP contribution in [0.25, 0.3) is 33.4 Å². The van der Waals surface area contributed by atoms with Crippen molar-refractivity contribution in [2.75, 3.05) is 5.75 Å². The van der Waals surface area contributed by atoms with E-state index in [1.807, 2.05) is 48.1 Å². The van der Waals surface area contributed by atoms with Crippen LogP contribution in [0.3, 0.4) is 0 Å². The number of aromatic nitrogens is 4. The van der Waals surface area contributed by atoms with E-state index in [1.165, 1.54) is 24.8 Å². The normalized spacial score (nSPS) is 11.1. The van der Waals surface area contributed by atoms with E-state index in [9.17, 15) is 14.9 Å². The molecule has 0 radical (unpaired) electrons. The molecule has 2 aromatic heterocycles. The van der Waals surface area contributed by atoms with Crippen molar-refractivity contribution in [3.63, 3.8) is 0 Å². The molecule has 1 N–H and O–H groups in total. The Morgan fingerprint density at radius 1 is 1.14 bits per heavy atom. The molecule has 0 aliphatic carbocycles. The molecular weight excluding hydrogens is 390 g/mol. The third kappa shape index (κ3) is 3.90. The Balaban J connectivity index is 1.76. The van der Waals surface area contributed by atoms with Crippen LogP contribution in [0.15, 0.2) is 53.8 Å². The van der Waals surface area contributed by atoms with Crippen molar-refractivity contribution >= 4 is 34.1 Å². The number of carbonyl (C=O) groups is 1. The van der Waals surface area contributed by atoms with Gasteiger partial charge in [0.05, 0.1) is 10.7 Å². The molecule has 9 heteroatoms. The Morgan fingerprint density at radius 3 is 2.69 bits per heavy atom. The maximum atomic E-state index is 11.5. The van der Waals surface area contributed by atoms with Gasteiger partial charge in [0, 0.05) is 41.8 Å². The van der Waals surface area contributed by atoms with E-state index in [0.717, 1.165) is 16.5 Å². The number of rotatable bonds is 6. The van der Waals surface area contributed by atoms with Crippen LogP contribution in [-0.4, -0.2) is 36.2 Å². The van der Waals surface area contributed by atoms with Crippen molar-refractivity contribution in [1.82, 2.24) is 19.7 Å². The first-order chi connectivity index (χ1) is 13.9. The summed E-state index contributed by atoms with van der Waals surface area (Å²) in [5, 5.41) is 21.1. The third-order valence-electron chi connectivity index (χ3n) is 4.50. The summed E-state index contributed by atoms with van der Waals surface area (Å²) in [6, 6.07) is 12.8. The lowest BCUT2D eigenvalue weighted by Gasteiger charge is -2.06. The van der Waals surface area contributed by atoms with Gasteiger partial charge in [0.15, 0.2) is 11.0 Å². The lowest BCUT2D eigenvalue weighted by molar-refractivity contribution is -0.384. The van der Waals surface area contributed by atoms with Crippen molar-refractivity contribution in [2.24, 2.45) is 7.05 Å². The first-order valence-corrected chi connectivity index (χ1v) is 9.79. The number of thioether (sulfide) groups is 1. The number of nitrogens with zero attached hydrogens (tertiary/aromatic N) is 4. The van der Waals surface area contributed by atoms with Gasteiger partial charge >= 0.3 is 0 Å². The molecule has 146 valence electrons. The highest BCUT2D eigenvalue weighted by atomic mass is 32.2. The number of hydrogen-bond donors (Lipinski definition) is 1. The molecule has 0 saturated heterocycles. The number of fused-ring (bicyclic) bond motifs is 1. The van der Waals surface area contributed by atoms with Gasteiger partial charge in [-0.1, -0.05) is 17.8 Å². The van der Waals surface area contributed by atoms with E-state index < -0.39 is 4.92 Å². The van der Waals surface area contributed by atoms with Crippen LogP contribution >= 0.6 is 11.8 Å². The van der Waals surface area contributed by atoms with Gasteiger partial charge in [-0.3, -0.25) is 14.9 Å². The van der Waals surface area contributed by atoms with Crippen LogP contribution in [0.5, 0.6) is 0 Å². The fraction of sp³-hybridized carbons (Fsp3) is 0.150. The predicted octanol–water partition coefficient (Wildman–Crippen LogP) is 4.22. The van der Waals surface area contributed by atoms with Crippen LogP contribution in [0.4, 0.5) is 5.69 Å². The number of ketones is 1. The van der Waals surface area contributed by atoms with Gasteiger partial charge in [-0.05, 0) is 42.3 Å². The summed E-state index contributed by atoms with van der Waals surface area (Å²) in [7, 11) is 1.97. The number of aromatic amines is 1. The number of aryl methyl sites for hydroxylation is 1. The molecular formula is C20H17N5O3S. The van der Waals surface area contributed by atoms with Gasteiger partial charge < -0.3 is 9.55 Å². The smallest absolute Gasteiger partial charge is 0.270 e. The molecule has 4 aromatic rings. The lowest BCUT2D eigenvalue weighted by atomic mass is 10.0. The SMILES string of the molecule is CC(=O)CSc1nnc(-c2cc(-c3ccc4c(ccn4C)c3)cc([N+](=O)[O-])c2)[nH]1. The standard InChI is InChI=1S/C20H17N5O3S/c1-12(26)11-29-20-21-19(22-23-20)16-8-15(9-17(10-16)25(27)28)13-3-4-18-14(7-13)5-6-24(18)2/h3-10H,11H2,1-2H3,(H,21,22,23). The molecule has 2 aromatic carbocycles. The van der Waals surface area contributed by atoms with Crippen LogP contribution in [0, 0.1) is 10.1 Å². The number of Topliss-reactive ketones (excluding diaryl/α,β-unsaturated/α-hetero) is 1. The molecule has 2 heterocycles. The van der Waals surface area contributed by atoms with Gasteiger partial charge in [-0.15, -0.1) is 10.2 Å². The summed E-state index contributed by atoms with van der Waals surface area (Å²) in [4.78, 5) is 25.2. The average Bonchev–Trinajstić information content (AvgIpc) is 3.33. The van der Waals surface area contributed by atoms with Gasteiger partial charge in [0.1, 0.15) is 5.78 Å². The van der Waals surface area contributed by atoms with Crippen molar-refractivity contribution in [1.29, 1.82) is 0 Å².